The van der Waals surface area contributed by atoms with Crippen LogP contribution in [0.25, 0.3) is 5.69 Å². The van der Waals surface area contributed by atoms with Gasteiger partial charge in [-0.25, -0.2) is 10.0 Å². The molecule has 0 bridgehead atoms. The van der Waals surface area contributed by atoms with Crippen molar-refractivity contribution in [1.29, 1.82) is 0 Å². The normalized spacial score (nSPS) is 14.7. The second-order valence-electron chi connectivity index (χ2n) is 6.99. The summed E-state index contributed by atoms with van der Waals surface area (Å²) in [6.45, 7) is 7.62. The third-order valence-corrected chi connectivity index (χ3v) is 4.77. The average molecular weight is 393 g/mol. The number of carbonyl (C=O) groups excluding carboxylic acids is 1. The summed E-state index contributed by atoms with van der Waals surface area (Å²) < 4.78 is 0. The Morgan fingerprint density at radius 2 is 1.86 bits per heavy atom. The number of nitrogens with zero attached hydrogens (tertiary/aromatic N) is 7. The third kappa shape index (κ3) is 3.95. The van der Waals surface area contributed by atoms with E-state index in [0.717, 1.165) is 17.0 Å². The molecular weight excluding hydrogens is 370 g/mol. The molecule has 1 aliphatic heterocycles. The Kier molecular flexibility index (Phi) is 5.22. The molecule has 1 amide bonds. The van der Waals surface area contributed by atoms with Crippen LogP contribution in [-0.4, -0.2) is 62.0 Å². The van der Waals surface area contributed by atoms with Crippen molar-refractivity contribution in [2.45, 2.75) is 20.8 Å². The first kappa shape index (κ1) is 19.0. The molecule has 4 rings (SSSR count). The Bertz CT molecular complexity index is 1020. The second-order valence-corrected chi connectivity index (χ2v) is 6.99. The predicted molar refractivity (Wildman–Crippen MR) is 107 cm³/mol. The molecule has 29 heavy (non-hydrogen) atoms. The molecule has 0 unspecified atom stereocenters. The highest BCUT2D eigenvalue weighted by Crippen LogP contribution is 2.20. The number of amides is 1. The van der Waals surface area contributed by atoms with Crippen molar-refractivity contribution in [1.82, 2.24) is 29.9 Å². The molecule has 3 aromatic rings. The zero-order chi connectivity index (χ0) is 20.4. The van der Waals surface area contributed by atoms with Gasteiger partial charge < -0.3 is 4.90 Å². The lowest BCUT2D eigenvalue weighted by molar-refractivity contribution is 0.0729. The van der Waals surface area contributed by atoms with E-state index >= 15 is 0 Å². The van der Waals surface area contributed by atoms with Gasteiger partial charge in [-0.1, -0.05) is 11.6 Å². The van der Waals surface area contributed by atoms with Gasteiger partial charge in [0.2, 0.25) is 0 Å². The maximum Gasteiger partial charge on any atom is 0.256 e. The van der Waals surface area contributed by atoms with Crippen LogP contribution in [0.4, 0.5) is 5.82 Å². The number of anilines is 1. The molecular formula is C20H23N7O2. The third-order valence-electron chi connectivity index (χ3n) is 4.77. The number of benzene rings is 1. The fourth-order valence-electron chi connectivity index (χ4n) is 3.29. The van der Waals surface area contributed by atoms with Crippen LogP contribution in [0.2, 0.25) is 0 Å². The number of aromatic nitrogens is 5. The molecule has 0 N–H and O–H groups in total. The summed E-state index contributed by atoms with van der Waals surface area (Å²) in [5.74, 6) is 0.620. The highest BCUT2D eigenvalue weighted by molar-refractivity contribution is 5.98. The zero-order valence-electron chi connectivity index (χ0n) is 16.7. The van der Waals surface area contributed by atoms with Crippen LogP contribution in [0.15, 0.2) is 36.8 Å². The Labute approximate surface area is 168 Å². The van der Waals surface area contributed by atoms with Gasteiger partial charge in [-0.2, -0.15) is 15.0 Å². The van der Waals surface area contributed by atoms with Crippen LogP contribution < -0.4 is 5.06 Å². The van der Waals surface area contributed by atoms with E-state index < -0.39 is 0 Å². The lowest BCUT2D eigenvalue weighted by atomic mass is 10.1. The molecule has 0 aliphatic carbocycles. The first-order chi connectivity index (χ1) is 14.0. The average Bonchev–Trinajstić information content (AvgIpc) is 3.14. The Morgan fingerprint density at radius 3 is 2.66 bits per heavy atom. The number of hydrogen-bond donors (Lipinski definition) is 0. The van der Waals surface area contributed by atoms with Crippen molar-refractivity contribution in [3.63, 3.8) is 0 Å². The van der Waals surface area contributed by atoms with Crippen LogP contribution in [0, 0.1) is 20.8 Å². The molecule has 9 nitrogen and oxygen atoms in total. The summed E-state index contributed by atoms with van der Waals surface area (Å²) in [6.07, 6.45) is 4.92. The largest absolute Gasteiger partial charge is 0.334 e. The zero-order valence-corrected chi connectivity index (χ0v) is 16.7. The van der Waals surface area contributed by atoms with Crippen LogP contribution in [-0.2, 0) is 4.84 Å². The van der Waals surface area contributed by atoms with Gasteiger partial charge >= 0.3 is 0 Å². The second kappa shape index (κ2) is 7.96. The summed E-state index contributed by atoms with van der Waals surface area (Å²) in [5.41, 5.74) is 3.85. The van der Waals surface area contributed by atoms with Gasteiger partial charge in [0.05, 0.1) is 48.2 Å². The minimum absolute atomic E-state index is 0.0708. The Morgan fingerprint density at radius 1 is 1.07 bits per heavy atom. The van der Waals surface area contributed by atoms with E-state index in [1.165, 1.54) is 4.80 Å². The summed E-state index contributed by atoms with van der Waals surface area (Å²) in [7, 11) is 0. The quantitative estimate of drug-likeness (QED) is 0.671. The first-order valence-corrected chi connectivity index (χ1v) is 9.50. The van der Waals surface area contributed by atoms with Crippen molar-refractivity contribution in [3.05, 3.63) is 59.3 Å². The van der Waals surface area contributed by atoms with Gasteiger partial charge in [-0.05, 0) is 32.9 Å². The van der Waals surface area contributed by atoms with E-state index in [4.69, 9.17) is 4.84 Å². The number of carbonyl (C=O) groups is 1. The highest BCUT2D eigenvalue weighted by atomic mass is 16.7. The summed E-state index contributed by atoms with van der Waals surface area (Å²) in [6, 6.07) is 5.69. The maximum absolute atomic E-state index is 13.3. The molecule has 150 valence electrons. The van der Waals surface area contributed by atoms with Gasteiger partial charge in [0.15, 0.2) is 5.82 Å². The maximum atomic E-state index is 13.3. The van der Waals surface area contributed by atoms with Crippen LogP contribution in [0.1, 0.15) is 27.3 Å². The summed E-state index contributed by atoms with van der Waals surface area (Å²) in [5, 5.41) is 10.1. The highest BCUT2D eigenvalue weighted by Gasteiger charge is 2.25. The number of aryl methyl sites for hydroxylation is 3. The van der Waals surface area contributed by atoms with Gasteiger partial charge in [-0.15, -0.1) is 0 Å². The van der Waals surface area contributed by atoms with E-state index in [0.29, 0.717) is 43.3 Å². The van der Waals surface area contributed by atoms with Gasteiger partial charge in [0.1, 0.15) is 0 Å². The molecule has 0 radical (unpaired) electrons. The Hall–Kier alpha value is -3.33. The van der Waals surface area contributed by atoms with Gasteiger partial charge in [-0.3, -0.25) is 14.6 Å². The van der Waals surface area contributed by atoms with Crippen molar-refractivity contribution < 1.29 is 9.63 Å². The fourth-order valence-corrected chi connectivity index (χ4v) is 3.29. The SMILES string of the molecule is Cc1ccc(-n2nccn2)c(C(=O)N2CCON(c3nc(C)cnc3C)CC2)c1. The van der Waals surface area contributed by atoms with E-state index in [9.17, 15) is 4.79 Å². The van der Waals surface area contributed by atoms with E-state index in [1.54, 1.807) is 28.6 Å². The van der Waals surface area contributed by atoms with Gasteiger partial charge in [0.25, 0.3) is 5.91 Å². The number of hydrogen-bond acceptors (Lipinski definition) is 7. The molecule has 9 heteroatoms. The summed E-state index contributed by atoms with van der Waals surface area (Å²) in [4.78, 5) is 31.4. The number of rotatable bonds is 3. The molecule has 1 fully saturated rings. The minimum Gasteiger partial charge on any atom is -0.334 e. The van der Waals surface area contributed by atoms with Crippen molar-refractivity contribution >= 4 is 11.7 Å². The Balaban J connectivity index is 1.57. The minimum atomic E-state index is -0.0708. The van der Waals surface area contributed by atoms with Gasteiger partial charge in [0, 0.05) is 19.3 Å². The molecule has 0 atom stereocenters. The van der Waals surface area contributed by atoms with Crippen molar-refractivity contribution in [3.8, 4) is 5.69 Å². The summed E-state index contributed by atoms with van der Waals surface area (Å²) >= 11 is 0. The molecule has 1 saturated heterocycles. The molecule has 0 saturated carbocycles. The van der Waals surface area contributed by atoms with Crippen LogP contribution >= 0.6 is 0 Å². The van der Waals surface area contributed by atoms with Crippen LogP contribution in [0.3, 0.4) is 0 Å². The molecule has 0 spiro atoms. The van der Waals surface area contributed by atoms with Crippen molar-refractivity contribution in [2.24, 2.45) is 0 Å². The topological polar surface area (TPSA) is 89.3 Å². The van der Waals surface area contributed by atoms with Crippen molar-refractivity contribution in [2.75, 3.05) is 31.3 Å². The first-order valence-electron chi connectivity index (χ1n) is 9.50. The lowest BCUT2D eigenvalue weighted by Crippen LogP contribution is -2.36. The monoisotopic (exact) mass is 393 g/mol. The fraction of sp³-hybridized carbons (Fsp3) is 0.350. The van der Waals surface area contributed by atoms with Crippen LogP contribution in [0.5, 0.6) is 0 Å². The number of hydroxylamine groups is 1. The molecule has 1 aromatic carbocycles. The van der Waals surface area contributed by atoms with E-state index in [-0.39, 0.29) is 5.91 Å². The predicted octanol–water partition coefficient (Wildman–Crippen LogP) is 1.88. The molecule has 1 aliphatic rings. The standard InChI is InChI=1S/C20H23N7O2/c1-14-4-5-18(27-22-6-7-23-27)17(12-14)20(28)25-8-9-26(29-11-10-25)19-16(3)21-13-15(2)24-19/h4-7,12-13H,8-11H2,1-3H3. The lowest BCUT2D eigenvalue weighted by Gasteiger charge is -2.23. The molecule has 2 aromatic heterocycles. The van der Waals surface area contributed by atoms with E-state index in [2.05, 4.69) is 20.2 Å². The van der Waals surface area contributed by atoms with E-state index in [1.807, 2.05) is 39.0 Å². The molecule has 3 heterocycles. The smallest absolute Gasteiger partial charge is 0.256 e.